The third-order valence-corrected chi connectivity index (χ3v) is 7.31. The van der Waals surface area contributed by atoms with Crippen molar-refractivity contribution in [1.82, 2.24) is 20.1 Å². The lowest BCUT2D eigenvalue weighted by Gasteiger charge is -2.55. The maximum absolute atomic E-state index is 12.5. The van der Waals surface area contributed by atoms with Crippen LogP contribution in [0.2, 0.25) is 0 Å². The van der Waals surface area contributed by atoms with Gasteiger partial charge in [0.15, 0.2) is 5.13 Å². The first kappa shape index (κ1) is 34.1. The predicted octanol–water partition coefficient (Wildman–Crippen LogP) is 5.15. The highest BCUT2D eigenvalue weighted by molar-refractivity contribution is 7.16. The van der Waals surface area contributed by atoms with Gasteiger partial charge in [0.05, 0.1) is 10.6 Å². The molecule has 1 unspecified atom stereocenters. The number of rotatable bonds is 10. The van der Waals surface area contributed by atoms with Gasteiger partial charge >= 0.3 is 12.2 Å². The van der Waals surface area contributed by atoms with E-state index >= 15 is 0 Å². The number of aryl methyl sites for hydroxylation is 2. The van der Waals surface area contributed by atoms with Gasteiger partial charge in [-0.3, -0.25) is 19.8 Å². The maximum atomic E-state index is 12.5. The Morgan fingerprint density at radius 2 is 1.57 bits per heavy atom. The van der Waals surface area contributed by atoms with Crippen molar-refractivity contribution < 1.29 is 29.4 Å². The molecule has 0 aliphatic rings. The number of nitrogens with zero attached hydrogens (tertiary/aromatic N) is 3. The Balaban J connectivity index is 2.37. The third-order valence-electron chi connectivity index (χ3n) is 6.33. The van der Waals surface area contributed by atoms with E-state index < -0.39 is 28.9 Å². The molecule has 2 aromatic rings. The van der Waals surface area contributed by atoms with E-state index in [0.717, 1.165) is 21.0 Å². The fraction of sp³-hybridized carbons (Fsp3) is 0.483. The SMILES string of the molecule is CC(=O)Nc1nc(CCc2ccc(NC(NC(=O)O)(N(C(=O)O)C(C)(C)C)C(C)(C)C)cc2)c(/C=C/C(=O)N(C)C)s1. The smallest absolute Gasteiger partial charge is 0.411 e. The van der Waals surface area contributed by atoms with Crippen molar-refractivity contribution >= 4 is 52.2 Å². The van der Waals surface area contributed by atoms with Crippen LogP contribution in [0.15, 0.2) is 30.3 Å². The molecule has 230 valence electrons. The van der Waals surface area contributed by atoms with Crippen LogP contribution in [0.4, 0.5) is 20.4 Å². The second-order valence-corrected chi connectivity index (χ2v) is 13.1. The average Bonchev–Trinajstić information content (AvgIpc) is 3.20. The van der Waals surface area contributed by atoms with Crippen LogP contribution in [0.25, 0.3) is 6.08 Å². The fourth-order valence-electron chi connectivity index (χ4n) is 4.34. The number of nitrogens with one attached hydrogen (secondary N) is 3. The molecule has 42 heavy (non-hydrogen) atoms. The van der Waals surface area contributed by atoms with Crippen molar-refractivity contribution in [2.24, 2.45) is 5.41 Å². The number of likely N-dealkylation sites (N-methyl/N-ethyl adjacent to an activating group) is 1. The highest BCUT2D eigenvalue weighted by Gasteiger charge is 2.54. The summed E-state index contributed by atoms with van der Waals surface area (Å²) in [5, 5.41) is 28.7. The molecule has 0 aliphatic carbocycles. The molecule has 4 amide bonds. The molecule has 0 fully saturated rings. The van der Waals surface area contributed by atoms with E-state index in [4.69, 9.17) is 0 Å². The van der Waals surface area contributed by atoms with Crippen LogP contribution in [0, 0.1) is 5.41 Å². The molecule has 13 heteroatoms. The topological polar surface area (TPSA) is 164 Å². The Labute approximate surface area is 250 Å². The minimum atomic E-state index is -1.71. The van der Waals surface area contributed by atoms with Gasteiger partial charge in [-0.25, -0.2) is 14.6 Å². The van der Waals surface area contributed by atoms with Crippen LogP contribution in [0.1, 0.15) is 64.6 Å². The van der Waals surface area contributed by atoms with Gasteiger partial charge in [-0.1, -0.05) is 44.2 Å². The van der Waals surface area contributed by atoms with Crippen molar-refractivity contribution in [3.05, 3.63) is 46.5 Å². The summed E-state index contributed by atoms with van der Waals surface area (Å²) in [5.74, 6) is -2.12. The number of hydrogen-bond donors (Lipinski definition) is 5. The second kappa shape index (κ2) is 13.2. The van der Waals surface area contributed by atoms with Crippen molar-refractivity contribution in [2.75, 3.05) is 24.7 Å². The van der Waals surface area contributed by atoms with Crippen LogP contribution in [-0.4, -0.2) is 74.4 Å². The summed E-state index contributed by atoms with van der Waals surface area (Å²) in [6, 6.07) is 7.26. The lowest BCUT2D eigenvalue weighted by Crippen LogP contribution is -2.76. The van der Waals surface area contributed by atoms with Gasteiger partial charge in [0.2, 0.25) is 17.6 Å². The molecule has 1 aromatic carbocycles. The monoisotopic (exact) mass is 602 g/mol. The molecule has 5 N–H and O–H groups in total. The molecule has 1 aromatic heterocycles. The molecule has 2 rings (SSSR count). The maximum Gasteiger partial charge on any atom is 0.411 e. The van der Waals surface area contributed by atoms with Crippen LogP contribution >= 0.6 is 11.3 Å². The number of benzene rings is 1. The van der Waals surface area contributed by atoms with E-state index in [0.29, 0.717) is 23.7 Å². The van der Waals surface area contributed by atoms with Gasteiger partial charge in [-0.2, -0.15) is 0 Å². The van der Waals surface area contributed by atoms with Crippen LogP contribution in [0.3, 0.4) is 0 Å². The zero-order valence-electron chi connectivity index (χ0n) is 25.7. The molecular weight excluding hydrogens is 560 g/mol. The molecule has 0 radical (unpaired) electrons. The summed E-state index contributed by atoms with van der Waals surface area (Å²) < 4.78 is 0. The van der Waals surface area contributed by atoms with Crippen molar-refractivity contribution in [3.63, 3.8) is 0 Å². The zero-order chi connectivity index (χ0) is 32.0. The molecule has 1 heterocycles. The minimum absolute atomic E-state index is 0.171. The number of hydrogen-bond acceptors (Lipinski definition) is 7. The molecule has 0 saturated carbocycles. The highest BCUT2D eigenvalue weighted by Crippen LogP contribution is 2.39. The van der Waals surface area contributed by atoms with Gasteiger partial charge < -0.3 is 25.7 Å². The number of amides is 4. The lowest BCUT2D eigenvalue weighted by atomic mass is 9.82. The Morgan fingerprint density at radius 3 is 2.02 bits per heavy atom. The normalized spacial score (nSPS) is 13.3. The van der Waals surface area contributed by atoms with Crippen molar-refractivity contribution in [1.29, 1.82) is 0 Å². The summed E-state index contributed by atoms with van der Waals surface area (Å²) >= 11 is 1.28. The minimum Gasteiger partial charge on any atom is -0.465 e. The summed E-state index contributed by atoms with van der Waals surface area (Å²) in [6.45, 7) is 11.8. The highest BCUT2D eigenvalue weighted by atomic mass is 32.1. The molecule has 0 bridgehead atoms. The van der Waals surface area contributed by atoms with E-state index in [-0.39, 0.29) is 11.8 Å². The van der Waals surface area contributed by atoms with E-state index in [1.165, 1.54) is 29.2 Å². The first-order valence-corrected chi connectivity index (χ1v) is 14.2. The van der Waals surface area contributed by atoms with Crippen molar-refractivity contribution in [2.45, 2.75) is 72.6 Å². The van der Waals surface area contributed by atoms with Crippen LogP contribution in [-0.2, 0) is 22.4 Å². The third kappa shape index (κ3) is 8.68. The molecule has 0 aliphatic heterocycles. The Bertz CT molecular complexity index is 1320. The summed E-state index contributed by atoms with van der Waals surface area (Å²) in [7, 11) is 3.32. The quantitative estimate of drug-likeness (QED) is 0.184. The summed E-state index contributed by atoms with van der Waals surface area (Å²) in [6.07, 6.45) is 1.62. The largest absolute Gasteiger partial charge is 0.465 e. The van der Waals surface area contributed by atoms with Gasteiger partial charge in [0, 0.05) is 43.7 Å². The molecule has 0 saturated heterocycles. The molecular formula is C29H42N6O6S. The number of anilines is 2. The average molecular weight is 603 g/mol. The van der Waals surface area contributed by atoms with Gasteiger partial charge in [0.1, 0.15) is 0 Å². The standard InChI is InChI=1S/C29H42N6O6S/c1-18(36)30-24-31-21(22(42-24)16-17-23(37)34(8)9)15-12-19-10-13-20(14-11-19)32-29(27(2,3)4,33-25(38)39)35(26(40)41)28(5,6)7/h10-11,13-14,16-17,32-33H,12,15H2,1-9H3,(H,38,39)(H,40,41)(H,30,31,36)/b17-16+. The molecule has 0 spiro atoms. The first-order valence-electron chi connectivity index (χ1n) is 13.3. The van der Waals surface area contributed by atoms with E-state index in [1.54, 1.807) is 73.8 Å². The number of carboxylic acid groups (broad SMARTS) is 2. The summed E-state index contributed by atoms with van der Waals surface area (Å²) in [4.78, 5) is 55.9. The lowest BCUT2D eigenvalue weighted by molar-refractivity contribution is -0.123. The van der Waals surface area contributed by atoms with Crippen LogP contribution < -0.4 is 16.0 Å². The van der Waals surface area contributed by atoms with Crippen molar-refractivity contribution in [3.8, 4) is 0 Å². The fourth-order valence-corrected chi connectivity index (χ4v) is 5.30. The number of carbonyl (C=O) groups is 4. The predicted molar refractivity (Wildman–Crippen MR) is 165 cm³/mol. The van der Waals surface area contributed by atoms with E-state index in [2.05, 4.69) is 20.9 Å². The first-order chi connectivity index (χ1) is 19.3. The van der Waals surface area contributed by atoms with Crippen LogP contribution in [0.5, 0.6) is 0 Å². The Kier molecular flexibility index (Phi) is 10.7. The van der Waals surface area contributed by atoms with Gasteiger partial charge in [-0.05, 0) is 57.4 Å². The van der Waals surface area contributed by atoms with E-state index in [9.17, 15) is 29.4 Å². The second-order valence-electron chi connectivity index (χ2n) is 12.1. The number of thiazole rings is 1. The summed E-state index contributed by atoms with van der Waals surface area (Å²) in [5.41, 5.74) is 0.330. The Hall–Kier alpha value is -4.13. The molecule has 12 nitrogen and oxygen atoms in total. The zero-order valence-corrected chi connectivity index (χ0v) is 26.5. The number of carbonyl (C=O) groups excluding carboxylic acids is 2. The molecule has 1 atom stereocenters. The number of aromatic nitrogens is 1. The van der Waals surface area contributed by atoms with Gasteiger partial charge in [0.25, 0.3) is 0 Å². The Morgan fingerprint density at radius 1 is 0.976 bits per heavy atom. The van der Waals surface area contributed by atoms with E-state index in [1.807, 2.05) is 12.1 Å². The van der Waals surface area contributed by atoms with Gasteiger partial charge in [-0.15, -0.1) is 0 Å².